The van der Waals surface area contributed by atoms with Crippen LogP contribution < -0.4 is 16.8 Å². The molecule has 1 amide bonds. The number of hydrogen-bond acceptors (Lipinski definition) is 7. The number of morpholine rings is 1. The number of benzene rings is 1. The number of allylic oxidation sites excluding steroid dienone is 1. The predicted octanol–water partition coefficient (Wildman–Crippen LogP) is 3.46. The summed E-state index contributed by atoms with van der Waals surface area (Å²) in [6.45, 7) is 6.39. The van der Waals surface area contributed by atoms with Crippen molar-refractivity contribution in [2.75, 3.05) is 38.2 Å². The molecule has 0 saturated carbocycles. The Balaban J connectivity index is 1.88. The molecule has 0 spiro atoms. The Labute approximate surface area is 201 Å². The number of hydrogen-bond donors (Lipinski definition) is 3. The molecule has 0 aliphatic carbocycles. The number of halogens is 3. The number of ether oxygens (including phenoxy) is 2. The number of amides is 1. The molecule has 1 saturated heterocycles. The van der Waals surface area contributed by atoms with Gasteiger partial charge in [0.2, 0.25) is 5.88 Å². The third kappa shape index (κ3) is 6.66. The summed E-state index contributed by atoms with van der Waals surface area (Å²) in [5, 5.41) is 2.61. The molecular formula is C24H28F3N5O3. The first-order chi connectivity index (χ1) is 16.6. The van der Waals surface area contributed by atoms with Crippen molar-refractivity contribution in [3.8, 4) is 0 Å². The molecule has 188 valence electrons. The highest BCUT2D eigenvalue weighted by atomic mass is 19.4. The topological polar surface area (TPSA) is 116 Å². The monoisotopic (exact) mass is 491 g/mol. The van der Waals surface area contributed by atoms with E-state index in [2.05, 4.69) is 10.3 Å². The maximum Gasteiger partial charge on any atom is 0.433 e. The van der Waals surface area contributed by atoms with Gasteiger partial charge < -0.3 is 31.2 Å². The number of aromatic nitrogens is 1. The molecule has 1 fully saturated rings. The number of alkyl halides is 3. The van der Waals surface area contributed by atoms with Gasteiger partial charge in [-0.05, 0) is 49.8 Å². The number of nitrogens with one attached hydrogen (secondary N) is 1. The second-order valence-electron chi connectivity index (χ2n) is 7.79. The molecule has 35 heavy (non-hydrogen) atoms. The summed E-state index contributed by atoms with van der Waals surface area (Å²) in [6, 6.07) is 6.96. The molecule has 0 unspecified atom stereocenters. The highest BCUT2D eigenvalue weighted by Crippen LogP contribution is 2.28. The highest BCUT2D eigenvalue weighted by molar-refractivity contribution is 6.04. The Morgan fingerprint density at radius 2 is 1.94 bits per heavy atom. The minimum atomic E-state index is -4.65. The van der Waals surface area contributed by atoms with Crippen LogP contribution in [0.25, 0.3) is 5.70 Å². The van der Waals surface area contributed by atoms with Crippen LogP contribution in [0, 0.1) is 6.92 Å². The number of anilines is 1. The van der Waals surface area contributed by atoms with Crippen molar-refractivity contribution < 1.29 is 27.4 Å². The quantitative estimate of drug-likeness (QED) is 0.401. The molecule has 3 rings (SSSR count). The van der Waals surface area contributed by atoms with Gasteiger partial charge in [-0.1, -0.05) is 6.07 Å². The molecule has 1 aliphatic rings. The van der Waals surface area contributed by atoms with Gasteiger partial charge in [-0.2, -0.15) is 13.2 Å². The lowest BCUT2D eigenvalue weighted by atomic mass is 10.0. The normalized spacial score (nSPS) is 15.5. The Kier molecular flexibility index (Phi) is 8.23. The van der Waals surface area contributed by atoms with Crippen LogP contribution in [0.15, 0.2) is 54.2 Å². The molecule has 8 nitrogen and oxygen atoms in total. The van der Waals surface area contributed by atoms with E-state index in [1.54, 1.807) is 24.3 Å². The molecule has 0 atom stereocenters. The zero-order valence-electron chi connectivity index (χ0n) is 19.5. The van der Waals surface area contributed by atoms with Crippen LogP contribution in [-0.4, -0.2) is 48.7 Å². The van der Waals surface area contributed by atoms with E-state index in [4.69, 9.17) is 20.9 Å². The Morgan fingerprint density at radius 3 is 2.60 bits per heavy atom. The van der Waals surface area contributed by atoms with Crippen molar-refractivity contribution in [3.63, 3.8) is 0 Å². The summed E-state index contributed by atoms with van der Waals surface area (Å²) in [5.74, 6) is -0.470. The predicted molar refractivity (Wildman–Crippen MR) is 126 cm³/mol. The van der Waals surface area contributed by atoms with Crippen molar-refractivity contribution in [2.45, 2.75) is 20.0 Å². The molecule has 0 bridgehead atoms. The van der Waals surface area contributed by atoms with Gasteiger partial charge in [-0.15, -0.1) is 0 Å². The molecule has 0 radical (unpaired) electrons. The SMILES string of the molecule is CCO/C(N)=C(/C=C(\N)c1cc(NC(=O)c2ccnc(C(F)(F)F)c2)ccc1C)N1CCOCC1. The summed E-state index contributed by atoms with van der Waals surface area (Å²) in [4.78, 5) is 17.9. The summed E-state index contributed by atoms with van der Waals surface area (Å²) in [5.41, 5.74) is 14.1. The fourth-order valence-corrected chi connectivity index (χ4v) is 3.52. The minimum absolute atomic E-state index is 0.167. The zero-order valence-corrected chi connectivity index (χ0v) is 19.5. The molecule has 2 heterocycles. The van der Waals surface area contributed by atoms with E-state index in [1.807, 2.05) is 18.7 Å². The highest BCUT2D eigenvalue weighted by Gasteiger charge is 2.33. The van der Waals surface area contributed by atoms with E-state index in [-0.39, 0.29) is 11.4 Å². The first kappa shape index (κ1) is 25.9. The number of carbonyl (C=O) groups excluding carboxylic acids is 1. The van der Waals surface area contributed by atoms with E-state index in [1.165, 1.54) is 6.07 Å². The molecule has 2 aromatic rings. The molecule has 1 aromatic carbocycles. The molecular weight excluding hydrogens is 463 g/mol. The second kappa shape index (κ2) is 11.1. The smallest absolute Gasteiger partial charge is 0.433 e. The van der Waals surface area contributed by atoms with Gasteiger partial charge in [0.25, 0.3) is 5.91 Å². The summed E-state index contributed by atoms with van der Waals surface area (Å²) in [7, 11) is 0. The Morgan fingerprint density at radius 1 is 1.23 bits per heavy atom. The number of nitrogens with two attached hydrogens (primary N) is 2. The van der Waals surface area contributed by atoms with Crippen LogP contribution in [0.4, 0.5) is 18.9 Å². The van der Waals surface area contributed by atoms with E-state index >= 15 is 0 Å². The minimum Gasteiger partial charge on any atom is -0.478 e. The van der Waals surface area contributed by atoms with E-state index < -0.39 is 17.8 Å². The number of nitrogens with zero attached hydrogens (tertiary/aromatic N) is 2. The third-order valence-corrected chi connectivity index (χ3v) is 5.32. The van der Waals surface area contributed by atoms with Gasteiger partial charge in [-0.3, -0.25) is 9.78 Å². The lowest BCUT2D eigenvalue weighted by Gasteiger charge is -2.30. The average molecular weight is 492 g/mol. The third-order valence-electron chi connectivity index (χ3n) is 5.32. The fraction of sp³-hybridized carbons (Fsp3) is 0.333. The second-order valence-corrected chi connectivity index (χ2v) is 7.79. The van der Waals surface area contributed by atoms with Gasteiger partial charge in [0.05, 0.1) is 25.5 Å². The number of aryl methyl sites for hydroxylation is 1. The van der Waals surface area contributed by atoms with Crippen molar-refractivity contribution in [2.24, 2.45) is 11.5 Å². The number of rotatable bonds is 7. The Bertz CT molecular complexity index is 1130. The van der Waals surface area contributed by atoms with Crippen molar-refractivity contribution in [1.29, 1.82) is 0 Å². The molecule has 11 heteroatoms. The molecule has 1 aliphatic heterocycles. The average Bonchev–Trinajstić information content (AvgIpc) is 2.83. The van der Waals surface area contributed by atoms with Gasteiger partial charge in [-0.25, -0.2) is 0 Å². The van der Waals surface area contributed by atoms with E-state index in [0.29, 0.717) is 61.6 Å². The van der Waals surface area contributed by atoms with Gasteiger partial charge in [0.1, 0.15) is 5.69 Å². The summed E-state index contributed by atoms with van der Waals surface area (Å²) in [6.07, 6.45) is -1.99. The maximum absolute atomic E-state index is 12.9. The van der Waals surface area contributed by atoms with Crippen LogP contribution in [0.5, 0.6) is 0 Å². The first-order valence-corrected chi connectivity index (χ1v) is 11.0. The molecule has 1 aromatic heterocycles. The fourth-order valence-electron chi connectivity index (χ4n) is 3.52. The number of carbonyl (C=O) groups is 1. The number of pyridine rings is 1. The lowest BCUT2D eigenvalue weighted by molar-refractivity contribution is -0.141. The van der Waals surface area contributed by atoms with Gasteiger partial charge >= 0.3 is 6.18 Å². The van der Waals surface area contributed by atoms with Crippen molar-refractivity contribution >= 4 is 17.3 Å². The van der Waals surface area contributed by atoms with Crippen LogP contribution in [0.2, 0.25) is 0 Å². The van der Waals surface area contributed by atoms with Crippen molar-refractivity contribution in [3.05, 3.63) is 76.6 Å². The van der Waals surface area contributed by atoms with Crippen LogP contribution in [0.3, 0.4) is 0 Å². The Hall–Kier alpha value is -3.73. The zero-order chi connectivity index (χ0) is 25.6. The van der Waals surface area contributed by atoms with Gasteiger partial charge in [0.15, 0.2) is 0 Å². The van der Waals surface area contributed by atoms with Crippen LogP contribution >= 0.6 is 0 Å². The summed E-state index contributed by atoms with van der Waals surface area (Å²) >= 11 is 0. The largest absolute Gasteiger partial charge is 0.478 e. The van der Waals surface area contributed by atoms with Crippen LogP contribution in [0.1, 0.15) is 34.1 Å². The maximum atomic E-state index is 12.9. The van der Waals surface area contributed by atoms with E-state index in [9.17, 15) is 18.0 Å². The standard InChI is InChI=1S/C24H28F3N5O3/c1-3-35-22(29)20(32-8-10-34-11-9-32)14-19(28)18-13-17(5-4-15(18)2)31-23(33)16-6-7-30-21(12-16)24(25,26)27/h4-7,12-14H,3,8-11,28-29H2,1-2H3,(H,31,33)/b19-14-,22-20-. The van der Waals surface area contributed by atoms with E-state index in [0.717, 1.165) is 11.8 Å². The van der Waals surface area contributed by atoms with Gasteiger partial charge in [0, 0.05) is 41.8 Å². The molecule has 5 N–H and O–H groups in total. The lowest BCUT2D eigenvalue weighted by Crippen LogP contribution is -2.37. The van der Waals surface area contributed by atoms with Crippen LogP contribution in [-0.2, 0) is 15.7 Å². The first-order valence-electron chi connectivity index (χ1n) is 11.0. The van der Waals surface area contributed by atoms with Crippen molar-refractivity contribution in [1.82, 2.24) is 9.88 Å². The summed E-state index contributed by atoms with van der Waals surface area (Å²) < 4.78 is 49.8.